The second kappa shape index (κ2) is 6.65. The topological polar surface area (TPSA) is 17.8 Å². The number of hydrogen-bond donors (Lipinski definition) is 0. The summed E-state index contributed by atoms with van der Waals surface area (Å²) in [5.74, 6) is 0. The first kappa shape index (κ1) is 14.0. The van der Waals surface area contributed by atoms with Crippen LogP contribution in [0.25, 0.3) is 0 Å². The summed E-state index contributed by atoms with van der Waals surface area (Å²) in [6.45, 7) is 5.43. The Morgan fingerprint density at radius 2 is 2.00 bits per heavy atom. The van der Waals surface area contributed by atoms with Gasteiger partial charge in [0.2, 0.25) is 0 Å². The maximum absolute atomic E-state index is 5.89. The van der Waals surface area contributed by atoms with E-state index in [0.29, 0.717) is 5.41 Å². The van der Waals surface area contributed by atoms with Gasteiger partial charge in [-0.25, -0.2) is 0 Å². The molecule has 2 nitrogen and oxygen atoms in total. The minimum absolute atomic E-state index is 0.318. The molecular weight excluding hydrogens is 288 g/mol. The molecule has 92 valence electrons. The summed E-state index contributed by atoms with van der Waals surface area (Å²) in [5.41, 5.74) is 0.318. The van der Waals surface area contributed by atoms with Crippen molar-refractivity contribution in [3.63, 3.8) is 0 Å². The van der Waals surface area contributed by atoms with E-state index in [2.05, 4.69) is 34.9 Å². The highest BCUT2D eigenvalue weighted by Crippen LogP contribution is 2.34. The SMILES string of the molecule is CCCC(CBr)(CCC)Cn1cc(Cl)cn1. The maximum Gasteiger partial charge on any atom is 0.0785 e. The molecule has 0 saturated carbocycles. The average molecular weight is 308 g/mol. The molecule has 0 N–H and O–H groups in total. The van der Waals surface area contributed by atoms with Crippen molar-refractivity contribution in [1.29, 1.82) is 0 Å². The molecule has 0 atom stereocenters. The van der Waals surface area contributed by atoms with Crippen LogP contribution in [0.4, 0.5) is 0 Å². The van der Waals surface area contributed by atoms with Crippen LogP contribution in [-0.4, -0.2) is 15.1 Å². The highest BCUT2D eigenvalue weighted by molar-refractivity contribution is 9.09. The number of halogens is 2. The van der Waals surface area contributed by atoms with E-state index in [-0.39, 0.29) is 0 Å². The summed E-state index contributed by atoms with van der Waals surface area (Å²) in [6, 6.07) is 0. The van der Waals surface area contributed by atoms with Crippen LogP contribution in [0, 0.1) is 5.41 Å². The molecule has 0 aromatic carbocycles. The Bertz CT molecular complexity index is 306. The van der Waals surface area contributed by atoms with Crippen molar-refractivity contribution in [3.05, 3.63) is 17.4 Å². The quantitative estimate of drug-likeness (QED) is 0.677. The van der Waals surface area contributed by atoms with E-state index < -0.39 is 0 Å². The van der Waals surface area contributed by atoms with E-state index in [1.54, 1.807) is 6.20 Å². The van der Waals surface area contributed by atoms with E-state index in [1.165, 1.54) is 25.7 Å². The standard InChI is InChI=1S/C12H20BrClN2/c1-3-5-12(9-13,6-4-2)10-16-8-11(14)7-15-16/h7-8H,3-6,9-10H2,1-2H3. The second-order valence-electron chi connectivity index (χ2n) is 4.49. The van der Waals surface area contributed by atoms with Gasteiger partial charge in [-0.1, -0.05) is 54.2 Å². The first-order valence-corrected chi connectivity index (χ1v) is 7.39. The van der Waals surface area contributed by atoms with Crippen molar-refractivity contribution >= 4 is 27.5 Å². The number of alkyl halides is 1. The van der Waals surface area contributed by atoms with Crippen LogP contribution >= 0.6 is 27.5 Å². The van der Waals surface area contributed by atoms with Gasteiger partial charge >= 0.3 is 0 Å². The molecule has 0 amide bonds. The van der Waals surface area contributed by atoms with E-state index in [4.69, 9.17) is 11.6 Å². The van der Waals surface area contributed by atoms with Crippen LogP contribution in [-0.2, 0) is 6.54 Å². The Morgan fingerprint density at radius 1 is 1.38 bits per heavy atom. The van der Waals surface area contributed by atoms with Gasteiger partial charge in [0.1, 0.15) is 0 Å². The molecule has 0 bridgehead atoms. The van der Waals surface area contributed by atoms with Gasteiger partial charge < -0.3 is 0 Å². The number of aromatic nitrogens is 2. The van der Waals surface area contributed by atoms with Crippen LogP contribution in [0.2, 0.25) is 5.02 Å². The zero-order valence-corrected chi connectivity index (χ0v) is 12.4. The zero-order chi connectivity index (χ0) is 12.0. The van der Waals surface area contributed by atoms with Crippen molar-refractivity contribution in [2.24, 2.45) is 5.41 Å². The molecule has 0 aliphatic rings. The molecule has 0 spiro atoms. The first-order chi connectivity index (χ1) is 7.65. The minimum Gasteiger partial charge on any atom is -0.271 e. The first-order valence-electron chi connectivity index (χ1n) is 5.89. The Balaban J connectivity index is 2.75. The van der Waals surface area contributed by atoms with Crippen LogP contribution < -0.4 is 0 Å². The van der Waals surface area contributed by atoms with E-state index in [1.807, 2.05) is 10.9 Å². The van der Waals surface area contributed by atoms with Crippen molar-refractivity contribution in [2.45, 2.75) is 46.1 Å². The lowest BCUT2D eigenvalue weighted by molar-refractivity contribution is 0.223. The van der Waals surface area contributed by atoms with Gasteiger partial charge in [-0.2, -0.15) is 5.10 Å². The molecule has 1 heterocycles. The predicted molar refractivity (Wildman–Crippen MR) is 73.3 cm³/mol. The summed E-state index contributed by atoms with van der Waals surface area (Å²) in [6.07, 6.45) is 8.48. The summed E-state index contributed by atoms with van der Waals surface area (Å²) >= 11 is 9.56. The smallest absolute Gasteiger partial charge is 0.0785 e. The average Bonchev–Trinajstić information content (AvgIpc) is 2.64. The van der Waals surface area contributed by atoms with Gasteiger partial charge in [-0.15, -0.1) is 0 Å². The van der Waals surface area contributed by atoms with E-state index >= 15 is 0 Å². The van der Waals surface area contributed by atoms with Gasteiger partial charge in [0, 0.05) is 18.1 Å². The summed E-state index contributed by atoms with van der Waals surface area (Å²) in [5, 5.41) is 6.02. The summed E-state index contributed by atoms with van der Waals surface area (Å²) < 4.78 is 1.97. The number of rotatable bonds is 7. The Kier molecular flexibility index (Phi) is 5.84. The van der Waals surface area contributed by atoms with Gasteiger partial charge in [0.15, 0.2) is 0 Å². The fourth-order valence-electron chi connectivity index (χ4n) is 2.29. The van der Waals surface area contributed by atoms with Crippen molar-refractivity contribution in [2.75, 3.05) is 5.33 Å². The normalized spacial score (nSPS) is 12.0. The lowest BCUT2D eigenvalue weighted by Gasteiger charge is -2.31. The summed E-state index contributed by atoms with van der Waals surface area (Å²) in [4.78, 5) is 0. The van der Waals surface area contributed by atoms with Crippen LogP contribution in [0.3, 0.4) is 0 Å². The lowest BCUT2D eigenvalue weighted by atomic mass is 9.81. The van der Waals surface area contributed by atoms with Crippen molar-refractivity contribution in [1.82, 2.24) is 9.78 Å². The predicted octanol–water partition coefficient (Wildman–Crippen LogP) is 4.52. The zero-order valence-electron chi connectivity index (χ0n) is 10.0. The van der Waals surface area contributed by atoms with Crippen LogP contribution in [0.1, 0.15) is 39.5 Å². The summed E-state index contributed by atoms with van der Waals surface area (Å²) in [7, 11) is 0. The van der Waals surface area contributed by atoms with Crippen LogP contribution in [0.15, 0.2) is 12.4 Å². The number of nitrogens with zero attached hydrogens (tertiary/aromatic N) is 2. The monoisotopic (exact) mass is 306 g/mol. The highest BCUT2D eigenvalue weighted by Gasteiger charge is 2.28. The second-order valence-corrected chi connectivity index (χ2v) is 5.49. The fourth-order valence-corrected chi connectivity index (χ4v) is 3.18. The molecule has 1 rings (SSSR count). The van der Waals surface area contributed by atoms with Crippen molar-refractivity contribution in [3.8, 4) is 0 Å². The molecule has 16 heavy (non-hydrogen) atoms. The lowest BCUT2D eigenvalue weighted by Crippen LogP contribution is -2.29. The van der Waals surface area contributed by atoms with Crippen LogP contribution in [0.5, 0.6) is 0 Å². The molecule has 4 heteroatoms. The Morgan fingerprint density at radius 3 is 2.38 bits per heavy atom. The molecule has 0 unspecified atom stereocenters. The molecule has 0 fully saturated rings. The van der Waals surface area contributed by atoms with Gasteiger partial charge in [-0.3, -0.25) is 4.68 Å². The minimum atomic E-state index is 0.318. The van der Waals surface area contributed by atoms with Gasteiger partial charge in [0.05, 0.1) is 11.2 Å². The molecular formula is C12H20BrClN2. The third-order valence-electron chi connectivity index (χ3n) is 2.94. The molecule has 1 aromatic rings. The van der Waals surface area contributed by atoms with Gasteiger partial charge in [0.25, 0.3) is 0 Å². The maximum atomic E-state index is 5.89. The van der Waals surface area contributed by atoms with E-state index in [0.717, 1.165) is 16.9 Å². The molecule has 0 radical (unpaired) electrons. The molecule has 0 aliphatic heterocycles. The highest BCUT2D eigenvalue weighted by atomic mass is 79.9. The Labute approximate surface area is 111 Å². The molecule has 0 saturated heterocycles. The van der Waals surface area contributed by atoms with E-state index in [9.17, 15) is 0 Å². The van der Waals surface area contributed by atoms with Gasteiger partial charge in [-0.05, 0) is 18.3 Å². The number of hydrogen-bond acceptors (Lipinski definition) is 1. The molecule has 0 aliphatic carbocycles. The third-order valence-corrected chi connectivity index (χ3v) is 4.33. The largest absolute Gasteiger partial charge is 0.271 e. The molecule has 1 aromatic heterocycles. The third kappa shape index (κ3) is 3.77. The fraction of sp³-hybridized carbons (Fsp3) is 0.750. The Hall–Kier alpha value is -0.0200. The van der Waals surface area contributed by atoms with Crippen molar-refractivity contribution < 1.29 is 0 Å².